The van der Waals surface area contributed by atoms with Gasteiger partial charge in [-0.15, -0.1) is 0 Å². The van der Waals surface area contributed by atoms with Crippen molar-refractivity contribution >= 4 is 5.97 Å². The maximum atomic E-state index is 10.5. The summed E-state index contributed by atoms with van der Waals surface area (Å²) in [7, 11) is 0. The van der Waals surface area contributed by atoms with E-state index in [-0.39, 0.29) is 12.1 Å². The van der Waals surface area contributed by atoms with Crippen LogP contribution in [0, 0.1) is 0 Å². The highest BCUT2D eigenvalue weighted by atomic mass is 16.5. The van der Waals surface area contributed by atoms with Gasteiger partial charge in [0.2, 0.25) is 0 Å². The second-order valence-electron chi connectivity index (χ2n) is 2.36. The van der Waals surface area contributed by atoms with Gasteiger partial charge in [0.15, 0.2) is 0 Å². The molecule has 1 rings (SSSR count). The first kappa shape index (κ1) is 6.33. The molecule has 1 unspecified atom stereocenters. The molecule has 1 saturated heterocycles. The molecule has 1 aliphatic rings. The molecular formula is C7H10O2. The summed E-state index contributed by atoms with van der Waals surface area (Å²) in [5.41, 5.74) is 0.945. The summed E-state index contributed by atoms with van der Waals surface area (Å²) in [5.74, 6) is -0.0944. The Bertz CT molecular complexity index is 149. The van der Waals surface area contributed by atoms with Crippen molar-refractivity contribution in [2.24, 2.45) is 0 Å². The first-order valence-corrected chi connectivity index (χ1v) is 3.05. The Morgan fingerprint density at radius 2 is 2.56 bits per heavy atom. The third-order valence-corrected chi connectivity index (χ3v) is 1.43. The minimum Gasteiger partial charge on any atom is -0.458 e. The van der Waals surface area contributed by atoms with Crippen LogP contribution < -0.4 is 0 Å². The zero-order valence-corrected chi connectivity index (χ0v) is 5.52. The predicted molar refractivity (Wildman–Crippen MR) is 33.9 cm³/mol. The lowest BCUT2D eigenvalue weighted by molar-refractivity contribution is -0.140. The van der Waals surface area contributed by atoms with Gasteiger partial charge in [0, 0.05) is 6.42 Å². The van der Waals surface area contributed by atoms with Gasteiger partial charge >= 0.3 is 5.97 Å². The van der Waals surface area contributed by atoms with Crippen LogP contribution in [0.1, 0.15) is 19.8 Å². The average Bonchev–Trinajstić information content (AvgIpc) is 2.14. The lowest BCUT2D eigenvalue weighted by Crippen LogP contribution is -2.06. The van der Waals surface area contributed by atoms with Gasteiger partial charge in [-0.1, -0.05) is 6.58 Å². The average molecular weight is 126 g/mol. The van der Waals surface area contributed by atoms with E-state index in [9.17, 15) is 4.79 Å². The smallest absolute Gasteiger partial charge is 0.306 e. The Morgan fingerprint density at radius 1 is 1.89 bits per heavy atom. The predicted octanol–water partition coefficient (Wildman–Crippen LogP) is 1.27. The molecule has 1 aliphatic heterocycles. The van der Waals surface area contributed by atoms with Crippen LogP contribution >= 0.6 is 0 Å². The molecule has 0 aromatic carbocycles. The summed E-state index contributed by atoms with van der Waals surface area (Å²) in [6.07, 6.45) is 1.36. The van der Waals surface area contributed by atoms with Gasteiger partial charge in [-0.3, -0.25) is 4.79 Å². The van der Waals surface area contributed by atoms with E-state index in [2.05, 4.69) is 6.58 Å². The Labute approximate surface area is 54.5 Å². The van der Waals surface area contributed by atoms with Gasteiger partial charge in [0.25, 0.3) is 0 Å². The highest BCUT2D eigenvalue weighted by Gasteiger charge is 2.22. The number of rotatable bonds is 1. The number of esters is 1. The zero-order valence-electron chi connectivity index (χ0n) is 5.52. The minimum atomic E-state index is -0.0944. The van der Waals surface area contributed by atoms with Crippen molar-refractivity contribution in [1.82, 2.24) is 0 Å². The Balaban J connectivity index is 2.48. The Hall–Kier alpha value is -0.790. The number of hydrogen-bond donors (Lipinski definition) is 0. The highest BCUT2D eigenvalue weighted by Crippen LogP contribution is 2.18. The largest absolute Gasteiger partial charge is 0.458 e. The van der Waals surface area contributed by atoms with E-state index in [1.54, 1.807) is 0 Å². The molecule has 0 saturated carbocycles. The van der Waals surface area contributed by atoms with Crippen molar-refractivity contribution in [3.8, 4) is 0 Å². The van der Waals surface area contributed by atoms with Crippen LogP contribution in [0.2, 0.25) is 0 Å². The van der Waals surface area contributed by atoms with Crippen LogP contribution in [0.3, 0.4) is 0 Å². The maximum absolute atomic E-state index is 10.5. The van der Waals surface area contributed by atoms with E-state index in [0.717, 1.165) is 12.0 Å². The molecule has 0 amide bonds. The lowest BCUT2D eigenvalue weighted by Gasteiger charge is -2.05. The monoisotopic (exact) mass is 126 g/mol. The second kappa shape index (κ2) is 2.21. The van der Waals surface area contributed by atoms with Crippen LogP contribution in [0.25, 0.3) is 0 Å². The van der Waals surface area contributed by atoms with Crippen molar-refractivity contribution < 1.29 is 9.53 Å². The van der Waals surface area contributed by atoms with Crippen molar-refractivity contribution in [3.05, 3.63) is 12.2 Å². The van der Waals surface area contributed by atoms with Crippen LogP contribution in [0.5, 0.6) is 0 Å². The number of cyclic esters (lactones) is 1. The van der Waals surface area contributed by atoms with Crippen molar-refractivity contribution in [2.75, 3.05) is 0 Å². The first-order valence-electron chi connectivity index (χ1n) is 3.05. The topological polar surface area (TPSA) is 26.3 Å². The van der Waals surface area contributed by atoms with E-state index < -0.39 is 0 Å². The van der Waals surface area contributed by atoms with Gasteiger partial charge in [0.05, 0.1) is 0 Å². The quantitative estimate of drug-likeness (QED) is 0.390. The fourth-order valence-electron chi connectivity index (χ4n) is 0.872. The molecule has 0 aromatic rings. The summed E-state index contributed by atoms with van der Waals surface area (Å²) in [4.78, 5) is 10.5. The zero-order chi connectivity index (χ0) is 6.85. The molecule has 0 aliphatic carbocycles. The van der Waals surface area contributed by atoms with Crippen LogP contribution in [-0.2, 0) is 9.53 Å². The number of carbonyl (C=O) groups excluding carboxylic acids is 1. The van der Waals surface area contributed by atoms with E-state index in [1.807, 2.05) is 6.92 Å². The van der Waals surface area contributed by atoms with E-state index in [1.165, 1.54) is 0 Å². The normalized spacial score (nSPS) is 25.9. The summed E-state index contributed by atoms with van der Waals surface area (Å²) in [6, 6.07) is 0. The molecule has 2 heteroatoms. The third kappa shape index (κ3) is 1.31. The van der Waals surface area contributed by atoms with Gasteiger partial charge in [0.1, 0.15) is 6.10 Å². The van der Waals surface area contributed by atoms with Crippen LogP contribution in [0.4, 0.5) is 0 Å². The van der Waals surface area contributed by atoms with E-state index >= 15 is 0 Å². The molecule has 0 radical (unpaired) electrons. The standard InChI is InChI=1S/C7H10O2/c1-5(2)6-3-4-7(8)9-6/h6H,1,3-4H2,2H3. The van der Waals surface area contributed by atoms with Gasteiger partial charge in [-0.2, -0.15) is 0 Å². The van der Waals surface area contributed by atoms with Crippen molar-refractivity contribution in [2.45, 2.75) is 25.9 Å². The number of hydrogen-bond acceptors (Lipinski definition) is 2. The van der Waals surface area contributed by atoms with Crippen LogP contribution in [0.15, 0.2) is 12.2 Å². The lowest BCUT2D eigenvalue weighted by atomic mass is 10.1. The summed E-state index contributed by atoms with van der Waals surface area (Å²) in [6.45, 7) is 5.57. The van der Waals surface area contributed by atoms with Gasteiger partial charge in [-0.05, 0) is 18.9 Å². The minimum absolute atomic E-state index is 0.00231. The van der Waals surface area contributed by atoms with Crippen LogP contribution in [-0.4, -0.2) is 12.1 Å². The molecular weight excluding hydrogens is 116 g/mol. The van der Waals surface area contributed by atoms with Gasteiger partial charge in [-0.25, -0.2) is 0 Å². The van der Waals surface area contributed by atoms with Crippen molar-refractivity contribution in [3.63, 3.8) is 0 Å². The second-order valence-corrected chi connectivity index (χ2v) is 2.36. The molecule has 9 heavy (non-hydrogen) atoms. The Kier molecular flexibility index (Phi) is 1.56. The molecule has 0 spiro atoms. The number of carbonyl (C=O) groups is 1. The Morgan fingerprint density at radius 3 is 2.78 bits per heavy atom. The van der Waals surface area contributed by atoms with Gasteiger partial charge < -0.3 is 4.74 Å². The third-order valence-electron chi connectivity index (χ3n) is 1.43. The summed E-state index contributed by atoms with van der Waals surface area (Å²) in [5, 5.41) is 0. The summed E-state index contributed by atoms with van der Waals surface area (Å²) < 4.78 is 4.88. The molecule has 0 N–H and O–H groups in total. The van der Waals surface area contributed by atoms with Crippen molar-refractivity contribution in [1.29, 1.82) is 0 Å². The first-order chi connectivity index (χ1) is 4.20. The molecule has 1 heterocycles. The van der Waals surface area contributed by atoms with E-state index in [0.29, 0.717) is 6.42 Å². The highest BCUT2D eigenvalue weighted by molar-refractivity contribution is 5.71. The molecule has 50 valence electrons. The molecule has 1 fully saturated rings. The molecule has 0 aromatic heterocycles. The molecule has 1 atom stereocenters. The maximum Gasteiger partial charge on any atom is 0.306 e. The van der Waals surface area contributed by atoms with E-state index in [4.69, 9.17) is 4.74 Å². The SMILES string of the molecule is C=C(C)C1CCC(=O)O1. The fourth-order valence-corrected chi connectivity index (χ4v) is 0.872. The molecule has 0 bridgehead atoms. The fraction of sp³-hybridized carbons (Fsp3) is 0.571. The summed E-state index contributed by atoms with van der Waals surface area (Å²) >= 11 is 0. The number of ether oxygens (including phenoxy) is 1. The molecule has 2 nitrogen and oxygen atoms in total.